The first-order valence-corrected chi connectivity index (χ1v) is 4.08. The van der Waals surface area contributed by atoms with Gasteiger partial charge in [-0.3, -0.25) is 0 Å². The van der Waals surface area contributed by atoms with Gasteiger partial charge >= 0.3 is 0 Å². The highest BCUT2D eigenvalue weighted by molar-refractivity contribution is 5.76. The van der Waals surface area contributed by atoms with Gasteiger partial charge in [-0.05, 0) is 7.05 Å². The lowest BCUT2D eigenvalue weighted by molar-refractivity contribution is 0.802. The van der Waals surface area contributed by atoms with Gasteiger partial charge in [-0.2, -0.15) is 0 Å². The molecular weight excluding hydrogens is 162 g/mol. The van der Waals surface area contributed by atoms with Crippen molar-refractivity contribution in [3.05, 3.63) is 0 Å². The molecule has 0 aromatic carbocycles. The summed E-state index contributed by atoms with van der Waals surface area (Å²) in [6, 6.07) is 0. The molecule has 0 atom stereocenters. The maximum Gasteiger partial charge on any atom is 0.00714 e. The molecule has 4 nitrogen and oxygen atoms in total. The van der Waals surface area contributed by atoms with Gasteiger partial charge < -0.3 is 22.5 Å². The Morgan fingerprint density at radius 3 is 1.23 bits per heavy atom. The quantitative estimate of drug-likeness (QED) is 0.424. The van der Waals surface area contributed by atoms with E-state index in [0.717, 1.165) is 13.1 Å². The molecule has 0 aliphatic rings. The molecule has 6 radical (unpaired) electrons. The fraction of sp³-hybridized carbons (Fsp3) is 1.00. The van der Waals surface area contributed by atoms with E-state index in [2.05, 4.69) is 5.32 Å². The molecule has 0 aliphatic heterocycles. The van der Waals surface area contributed by atoms with Gasteiger partial charge in [0.25, 0.3) is 0 Å². The Morgan fingerprint density at radius 2 is 1.23 bits per heavy atom. The maximum atomic E-state index is 5.08. The lowest BCUT2D eigenvalue weighted by atomic mass is 10.7. The van der Waals surface area contributed by atoms with Crippen LogP contribution in [-0.4, -0.2) is 50.1 Å². The van der Waals surface area contributed by atoms with Crippen molar-refractivity contribution in [2.45, 2.75) is 13.8 Å². The summed E-state index contributed by atoms with van der Waals surface area (Å²) in [7, 11) is 1.88. The molecular formula is C7H28B2N4. The lowest BCUT2D eigenvalue weighted by Crippen LogP contribution is -2.17. The average Bonchev–Trinajstić information content (AvgIpc) is 2.10. The molecule has 0 fully saturated rings. The van der Waals surface area contributed by atoms with E-state index < -0.39 is 0 Å². The number of hydrogen-bond acceptors (Lipinski definition) is 4. The SMILES string of the molecule is CC.CNCCN.NCCN.[2HH].[2HH].[B].[B]. The minimum absolute atomic E-state index is 0. The van der Waals surface area contributed by atoms with Crippen LogP contribution < -0.4 is 22.5 Å². The number of nitrogens with one attached hydrogen (secondary N) is 1. The predicted molar refractivity (Wildman–Crippen MR) is 68.2 cm³/mol. The molecule has 0 amide bonds. The van der Waals surface area contributed by atoms with E-state index in [-0.39, 0.29) is 19.7 Å². The molecule has 0 aromatic rings. The Morgan fingerprint density at radius 1 is 0.923 bits per heavy atom. The molecule has 82 valence electrons. The predicted octanol–water partition coefficient (Wildman–Crippen LogP) is -1.18. The van der Waals surface area contributed by atoms with Crippen LogP contribution in [0.5, 0.6) is 0 Å². The number of nitrogens with two attached hydrogens (primary N) is 3. The number of rotatable bonds is 3. The molecule has 0 aromatic heterocycles. The zero-order valence-electron chi connectivity index (χ0n) is 9.22. The Kier molecular flexibility index (Phi) is 131. The molecule has 0 saturated carbocycles. The van der Waals surface area contributed by atoms with E-state index in [1.807, 2.05) is 20.9 Å². The van der Waals surface area contributed by atoms with Gasteiger partial charge in [-0.1, -0.05) is 13.8 Å². The molecule has 0 saturated heterocycles. The first-order chi connectivity index (χ1) is 5.33. The van der Waals surface area contributed by atoms with E-state index >= 15 is 0 Å². The number of likely N-dealkylation sites (N-methyl/N-ethyl adjacent to an activating group) is 1. The highest BCUT2D eigenvalue weighted by Gasteiger charge is 1.64. The summed E-state index contributed by atoms with van der Waals surface area (Å²) in [4.78, 5) is 0. The van der Waals surface area contributed by atoms with E-state index in [1.165, 1.54) is 0 Å². The van der Waals surface area contributed by atoms with Gasteiger partial charge in [0, 0.05) is 45.9 Å². The molecule has 6 heteroatoms. The number of hydrogen-bond donors (Lipinski definition) is 4. The largest absolute Gasteiger partial charge is 0.329 e. The highest BCUT2D eigenvalue weighted by atomic mass is 14.8. The Balaban J connectivity index is -0.0000000120. The normalized spacial score (nSPS) is 6.00. The summed E-state index contributed by atoms with van der Waals surface area (Å²) in [6.45, 7) is 6.84. The summed E-state index contributed by atoms with van der Waals surface area (Å²) in [5.41, 5.74) is 14.9. The lowest BCUT2D eigenvalue weighted by Gasteiger charge is -1.85. The molecule has 0 unspecified atom stereocenters. The van der Waals surface area contributed by atoms with Gasteiger partial charge in [0.05, 0.1) is 0 Å². The van der Waals surface area contributed by atoms with Crippen LogP contribution in [0.2, 0.25) is 0 Å². The Hall–Kier alpha value is -0.0301. The van der Waals surface area contributed by atoms with Crippen molar-refractivity contribution in [3.8, 4) is 0 Å². The minimum Gasteiger partial charge on any atom is -0.329 e. The van der Waals surface area contributed by atoms with Crippen molar-refractivity contribution in [2.24, 2.45) is 17.2 Å². The van der Waals surface area contributed by atoms with Gasteiger partial charge in [0.1, 0.15) is 0 Å². The molecule has 0 heterocycles. The zero-order valence-corrected chi connectivity index (χ0v) is 9.22. The van der Waals surface area contributed by atoms with Crippen molar-refractivity contribution < 1.29 is 2.85 Å². The third-order valence-electron chi connectivity index (χ3n) is 0.561. The van der Waals surface area contributed by atoms with Crippen molar-refractivity contribution in [2.75, 3.05) is 33.2 Å². The molecule has 0 rings (SSSR count). The first kappa shape index (κ1) is 29.3. The van der Waals surface area contributed by atoms with Crippen LogP contribution in [0.4, 0.5) is 0 Å². The minimum atomic E-state index is 0. The molecule has 0 aliphatic carbocycles. The third-order valence-corrected chi connectivity index (χ3v) is 0.561. The third kappa shape index (κ3) is 135. The van der Waals surface area contributed by atoms with Crippen LogP contribution in [0.25, 0.3) is 0 Å². The van der Waals surface area contributed by atoms with Crippen LogP contribution in [0.1, 0.15) is 16.7 Å². The van der Waals surface area contributed by atoms with Gasteiger partial charge in [-0.25, -0.2) is 0 Å². The summed E-state index contributed by atoms with van der Waals surface area (Å²) >= 11 is 0. The van der Waals surface area contributed by atoms with Crippen LogP contribution in [0.3, 0.4) is 0 Å². The Bertz CT molecular complexity index is 46.2. The molecule has 0 spiro atoms. The van der Waals surface area contributed by atoms with Crippen LogP contribution in [0, 0.1) is 0 Å². The van der Waals surface area contributed by atoms with Crippen LogP contribution >= 0.6 is 0 Å². The highest BCUT2D eigenvalue weighted by Crippen LogP contribution is 1.37. The van der Waals surface area contributed by atoms with Gasteiger partial charge in [0.2, 0.25) is 0 Å². The monoisotopic (exact) mass is 192 g/mol. The average molecular weight is 192 g/mol. The van der Waals surface area contributed by atoms with Crippen LogP contribution in [-0.2, 0) is 0 Å². The maximum absolute atomic E-state index is 5.08. The fourth-order valence-electron chi connectivity index (χ4n) is 0.144. The van der Waals surface area contributed by atoms with Crippen LogP contribution in [0.15, 0.2) is 0 Å². The van der Waals surface area contributed by atoms with Crippen molar-refractivity contribution in [1.82, 2.24) is 5.32 Å². The smallest absolute Gasteiger partial charge is 0.00714 e. The van der Waals surface area contributed by atoms with E-state index in [1.54, 1.807) is 0 Å². The van der Waals surface area contributed by atoms with Crippen molar-refractivity contribution in [1.29, 1.82) is 0 Å². The molecule has 7 N–H and O–H groups in total. The summed E-state index contributed by atoms with van der Waals surface area (Å²) in [5, 5.41) is 2.89. The fourth-order valence-corrected chi connectivity index (χ4v) is 0.144. The Labute approximate surface area is 90.1 Å². The zero-order chi connectivity index (χ0) is 9.54. The summed E-state index contributed by atoms with van der Waals surface area (Å²) in [5.74, 6) is 0. The summed E-state index contributed by atoms with van der Waals surface area (Å²) < 4.78 is 0. The van der Waals surface area contributed by atoms with E-state index in [9.17, 15) is 0 Å². The van der Waals surface area contributed by atoms with Crippen molar-refractivity contribution >= 4 is 16.8 Å². The van der Waals surface area contributed by atoms with E-state index in [4.69, 9.17) is 17.2 Å². The molecule has 13 heavy (non-hydrogen) atoms. The van der Waals surface area contributed by atoms with Gasteiger partial charge in [-0.15, -0.1) is 0 Å². The second-order valence-corrected chi connectivity index (χ2v) is 1.47. The van der Waals surface area contributed by atoms with Gasteiger partial charge in [0.15, 0.2) is 0 Å². The first-order valence-electron chi connectivity index (χ1n) is 4.08. The summed E-state index contributed by atoms with van der Waals surface area (Å²) in [6.07, 6.45) is 0. The standard InChI is InChI=1S/C3H10N2.C2H8N2.C2H6.2B.2H2/c1-5-3-2-4;3-1-2-4;1-2;;;;/h5H,2-4H2,1H3;1-4H2;1-2H3;;;2*1H/i;;;;;2*1+1. The second-order valence-electron chi connectivity index (χ2n) is 1.47. The van der Waals surface area contributed by atoms with Crippen molar-refractivity contribution in [3.63, 3.8) is 0 Å². The second kappa shape index (κ2) is 58.3. The topological polar surface area (TPSA) is 90.1 Å². The molecule has 0 bridgehead atoms. The van der Waals surface area contributed by atoms with E-state index in [0.29, 0.717) is 13.1 Å².